The minimum absolute atomic E-state index is 0.0308. The molecule has 0 aliphatic heterocycles. The van der Waals surface area contributed by atoms with Crippen LogP contribution in [0.1, 0.15) is 95.8 Å². The Morgan fingerprint density at radius 2 is 0.811 bits per heavy atom. The van der Waals surface area contributed by atoms with Crippen LogP contribution in [-0.2, 0) is 21.7 Å². The highest BCUT2D eigenvalue weighted by Gasteiger charge is 2.57. The Morgan fingerprint density at radius 1 is 0.333 bits per heavy atom. The second-order valence-corrected chi connectivity index (χ2v) is 27.2. The SMILES string of the molecule is CC(C)(C)c1ccc(N(c2ccc3c(c2)C(C)(C)c2cc(-c4ccccn4)c4oc5ccccc5c4c2-3)c2ccc3c(c2)C2(c4ccccc4-c4ccccc42)c2cc4c(cc2-3)C2(c3ccccc3-c3ccccc32)c2ccc3oc5ccccc5c3c2-4)cc1. The van der Waals surface area contributed by atoms with Crippen molar-refractivity contribution in [3.63, 3.8) is 0 Å². The average Bonchev–Trinajstić information content (AvgIpc) is 1.49. The third-order valence-corrected chi connectivity index (χ3v) is 21.5. The van der Waals surface area contributed by atoms with Gasteiger partial charge in [-0.25, -0.2) is 0 Å². The average molecular weight is 1150 g/mol. The van der Waals surface area contributed by atoms with Gasteiger partial charge in [-0.3, -0.25) is 4.98 Å². The predicted octanol–water partition coefficient (Wildman–Crippen LogP) is 22.3. The summed E-state index contributed by atoms with van der Waals surface area (Å²) in [5, 5.41) is 4.57. The number of pyridine rings is 1. The highest BCUT2D eigenvalue weighted by atomic mass is 16.3. The Morgan fingerprint density at radius 3 is 1.43 bits per heavy atom. The number of nitrogens with zero attached hydrogens (tertiary/aromatic N) is 2. The maximum Gasteiger partial charge on any atom is 0.145 e. The molecule has 0 radical (unpaired) electrons. The van der Waals surface area contributed by atoms with Crippen molar-refractivity contribution in [2.75, 3.05) is 4.90 Å². The van der Waals surface area contributed by atoms with Gasteiger partial charge in [0.05, 0.1) is 16.5 Å². The molecule has 15 aromatic rings. The lowest BCUT2D eigenvalue weighted by molar-refractivity contribution is 0.590. The van der Waals surface area contributed by atoms with Crippen molar-refractivity contribution in [3.05, 3.63) is 322 Å². The number of anilines is 3. The molecule has 5 aliphatic rings. The molecule has 20 rings (SSSR count). The van der Waals surface area contributed by atoms with E-state index in [-0.39, 0.29) is 10.8 Å². The van der Waals surface area contributed by atoms with Crippen LogP contribution in [-0.4, -0.2) is 4.98 Å². The van der Waals surface area contributed by atoms with E-state index in [0.717, 1.165) is 66.8 Å². The van der Waals surface area contributed by atoms with Crippen molar-refractivity contribution >= 4 is 60.9 Å². The molecule has 12 aromatic carbocycles. The second kappa shape index (κ2) is 17.3. The molecule has 0 bridgehead atoms. The van der Waals surface area contributed by atoms with Crippen molar-refractivity contribution in [1.82, 2.24) is 4.98 Å². The van der Waals surface area contributed by atoms with Crippen LogP contribution >= 0.6 is 0 Å². The Kier molecular flexibility index (Phi) is 9.64. The van der Waals surface area contributed by atoms with Crippen LogP contribution in [0.25, 0.3) is 111 Å². The van der Waals surface area contributed by atoms with E-state index < -0.39 is 10.8 Å². The smallest absolute Gasteiger partial charge is 0.145 e. The number of hydrogen-bond donors (Lipinski definition) is 0. The molecule has 2 spiro atoms. The number of hydrogen-bond acceptors (Lipinski definition) is 4. The van der Waals surface area contributed by atoms with Gasteiger partial charge in [-0.15, -0.1) is 0 Å². The van der Waals surface area contributed by atoms with Crippen LogP contribution in [0.15, 0.2) is 270 Å². The Hall–Kier alpha value is -10.8. The monoisotopic (exact) mass is 1150 g/mol. The van der Waals surface area contributed by atoms with E-state index in [2.05, 4.69) is 288 Å². The zero-order valence-corrected chi connectivity index (χ0v) is 50.5. The van der Waals surface area contributed by atoms with Crippen LogP contribution in [0.5, 0.6) is 0 Å². The van der Waals surface area contributed by atoms with E-state index in [1.54, 1.807) is 0 Å². The Labute approximate surface area is 522 Å². The van der Waals surface area contributed by atoms with E-state index in [1.165, 1.54) is 122 Å². The molecule has 4 nitrogen and oxygen atoms in total. The van der Waals surface area contributed by atoms with Gasteiger partial charge in [0.15, 0.2) is 0 Å². The molecule has 3 heterocycles. The number of fused-ring (bicyclic) bond motifs is 31. The quantitative estimate of drug-likeness (QED) is 0.176. The van der Waals surface area contributed by atoms with Gasteiger partial charge in [-0.1, -0.05) is 204 Å². The number of benzene rings is 12. The normalized spacial score (nSPS) is 15.0. The Bertz CT molecular complexity index is 5600. The predicted molar refractivity (Wildman–Crippen MR) is 368 cm³/mol. The fraction of sp³-hybridized carbons (Fsp3) is 0.105. The Balaban J connectivity index is 0.857. The van der Waals surface area contributed by atoms with Crippen LogP contribution in [0.2, 0.25) is 0 Å². The van der Waals surface area contributed by atoms with Crippen LogP contribution in [0.4, 0.5) is 17.1 Å². The van der Waals surface area contributed by atoms with E-state index in [0.29, 0.717) is 0 Å². The lowest BCUT2D eigenvalue weighted by atomic mass is 9.68. The first-order chi connectivity index (χ1) is 44.0. The topological polar surface area (TPSA) is 42.4 Å². The van der Waals surface area contributed by atoms with E-state index in [9.17, 15) is 0 Å². The van der Waals surface area contributed by atoms with Crippen molar-refractivity contribution in [2.45, 2.75) is 56.3 Å². The van der Waals surface area contributed by atoms with E-state index in [4.69, 9.17) is 13.8 Å². The minimum Gasteiger partial charge on any atom is -0.456 e. The molecule has 90 heavy (non-hydrogen) atoms. The fourth-order valence-electron chi connectivity index (χ4n) is 17.7. The van der Waals surface area contributed by atoms with Crippen molar-refractivity contribution < 1.29 is 8.83 Å². The van der Waals surface area contributed by atoms with Gasteiger partial charge < -0.3 is 13.7 Å². The zero-order valence-electron chi connectivity index (χ0n) is 50.5. The largest absolute Gasteiger partial charge is 0.456 e. The van der Waals surface area contributed by atoms with Gasteiger partial charge in [0, 0.05) is 55.8 Å². The first kappa shape index (κ1) is 50.2. The van der Waals surface area contributed by atoms with Gasteiger partial charge in [0.1, 0.15) is 22.3 Å². The lowest BCUT2D eigenvalue weighted by Crippen LogP contribution is -2.27. The molecule has 424 valence electrons. The summed E-state index contributed by atoms with van der Waals surface area (Å²) in [7, 11) is 0. The molecular weight excluding hydrogens is 1090 g/mol. The zero-order chi connectivity index (χ0) is 59.7. The third kappa shape index (κ3) is 6.14. The van der Waals surface area contributed by atoms with Gasteiger partial charge in [0.25, 0.3) is 0 Å². The first-order valence-corrected chi connectivity index (χ1v) is 31.7. The van der Waals surface area contributed by atoms with Gasteiger partial charge >= 0.3 is 0 Å². The number of rotatable bonds is 4. The molecule has 4 heteroatoms. The summed E-state index contributed by atoms with van der Waals surface area (Å²) in [6, 6.07) is 96.4. The summed E-state index contributed by atoms with van der Waals surface area (Å²) >= 11 is 0. The summed E-state index contributed by atoms with van der Waals surface area (Å²) in [5.41, 5.74) is 34.0. The standard InChI is InChI=1S/C86H58N2O2/c1-83(2,3)49-33-35-50(36-34-49)88(51-38-40-58-69(44-51)84(4,5)73-48-63(74-30-18-19-43-87-74)82-81(78(58)73)60-25-11-17-32-76(60)90-82)52-37-39-57-61-46-72-62(47-71(61)86(70(57)45-52)66-28-14-8-22-55(66)56-23-9-15-29-67(56)86)79-68(41-42-77-80(79)59-24-10-16-31-75(59)89-77)85(72)64-26-12-6-20-53(64)54-21-7-13-27-65(54)85/h6-48H,1-5H3. The number of aromatic nitrogens is 1. The second-order valence-electron chi connectivity index (χ2n) is 27.2. The van der Waals surface area contributed by atoms with Gasteiger partial charge in [0.2, 0.25) is 0 Å². The summed E-state index contributed by atoms with van der Waals surface area (Å²) in [6.45, 7) is 11.7. The van der Waals surface area contributed by atoms with Crippen LogP contribution in [0, 0.1) is 0 Å². The summed E-state index contributed by atoms with van der Waals surface area (Å²) in [6.07, 6.45) is 1.88. The maximum absolute atomic E-state index is 6.87. The molecule has 0 N–H and O–H groups in total. The fourth-order valence-corrected chi connectivity index (χ4v) is 17.7. The molecule has 5 aliphatic carbocycles. The highest BCUT2D eigenvalue weighted by Crippen LogP contribution is 2.69. The summed E-state index contributed by atoms with van der Waals surface area (Å²) in [4.78, 5) is 7.44. The lowest BCUT2D eigenvalue weighted by Gasteiger charge is -2.33. The third-order valence-electron chi connectivity index (χ3n) is 21.5. The molecule has 3 aromatic heterocycles. The van der Waals surface area contributed by atoms with Crippen molar-refractivity contribution in [2.24, 2.45) is 0 Å². The van der Waals surface area contributed by atoms with Crippen LogP contribution in [0.3, 0.4) is 0 Å². The van der Waals surface area contributed by atoms with Crippen molar-refractivity contribution in [3.8, 4) is 66.9 Å². The summed E-state index contributed by atoms with van der Waals surface area (Å²) < 4.78 is 13.7. The summed E-state index contributed by atoms with van der Waals surface area (Å²) in [5.74, 6) is 0. The number of para-hydroxylation sites is 2. The first-order valence-electron chi connectivity index (χ1n) is 31.7. The molecular formula is C86H58N2O2. The number of furan rings is 2. The van der Waals surface area contributed by atoms with E-state index >= 15 is 0 Å². The molecule has 0 atom stereocenters. The van der Waals surface area contributed by atoms with Gasteiger partial charge in [-0.05, 0) is 207 Å². The molecule has 0 saturated heterocycles. The van der Waals surface area contributed by atoms with E-state index in [1.807, 2.05) is 12.3 Å². The van der Waals surface area contributed by atoms with Crippen molar-refractivity contribution in [1.29, 1.82) is 0 Å². The molecule has 0 unspecified atom stereocenters. The molecule has 0 fully saturated rings. The van der Waals surface area contributed by atoms with Crippen LogP contribution < -0.4 is 4.90 Å². The highest BCUT2D eigenvalue weighted by molar-refractivity contribution is 6.20. The minimum atomic E-state index is -0.677. The molecule has 0 saturated carbocycles. The van der Waals surface area contributed by atoms with Gasteiger partial charge in [-0.2, -0.15) is 0 Å². The maximum atomic E-state index is 6.87. The molecule has 0 amide bonds.